The van der Waals surface area contributed by atoms with Crippen LogP contribution in [0.15, 0.2) is 168 Å². The summed E-state index contributed by atoms with van der Waals surface area (Å²) in [6, 6.07) is 48.1. The zero-order chi connectivity index (χ0) is 40.7. The number of hydrogen-bond acceptors (Lipinski definition) is 7. The fraction of sp³-hybridized carbons (Fsp3) is 0.113. The van der Waals surface area contributed by atoms with Crippen LogP contribution in [0.5, 0.6) is 46.0 Å². The van der Waals surface area contributed by atoms with E-state index in [-0.39, 0.29) is 6.04 Å². The van der Waals surface area contributed by atoms with E-state index >= 15 is 0 Å². The number of allylic oxidation sites excluding steroid dienone is 2. The van der Waals surface area contributed by atoms with Gasteiger partial charge in [-0.15, -0.1) is 0 Å². The van der Waals surface area contributed by atoms with Gasteiger partial charge in [-0.05, 0) is 127 Å². The molecule has 0 saturated heterocycles. The van der Waals surface area contributed by atoms with E-state index in [1.54, 1.807) is 0 Å². The first kappa shape index (κ1) is 36.8. The van der Waals surface area contributed by atoms with Crippen LogP contribution in [0.2, 0.25) is 0 Å². The Balaban J connectivity index is 1.11. The van der Waals surface area contributed by atoms with Crippen molar-refractivity contribution < 1.29 is 23.4 Å². The van der Waals surface area contributed by atoms with Crippen LogP contribution in [0.4, 0.5) is 0 Å². The van der Waals surface area contributed by atoms with E-state index in [2.05, 4.69) is 68.3 Å². The van der Waals surface area contributed by atoms with Gasteiger partial charge in [0.05, 0.1) is 5.71 Å². The van der Waals surface area contributed by atoms with Gasteiger partial charge in [0, 0.05) is 40.7 Å². The van der Waals surface area contributed by atoms with Crippen molar-refractivity contribution in [3.63, 3.8) is 0 Å². The Morgan fingerprint density at radius 1 is 0.567 bits per heavy atom. The van der Waals surface area contributed by atoms with Gasteiger partial charge in [-0.1, -0.05) is 85.8 Å². The SMILES string of the molecule is CC/C=C\CC(C)N(C)/C(=C\C(=N)c1cc(-c2ccc3c(c2)Oc2ccccc2O3)cc(-c2ccc3c(c2)Oc2ccccc2O3)c1)c1cccc2oc3ccccc3c12. The zero-order valence-corrected chi connectivity index (χ0v) is 33.6. The predicted molar refractivity (Wildman–Crippen MR) is 240 cm³/mol. The molecule has 0 spiro atoms. The van der Waals surface area contributed by atoms with E-state index in [4.69, 9.17) is 23.4 Å². The average Bonchev–Trinajstić information content (AvgIpc) is 3.68. The molecule has 0 aliphatic carbocycles. The minimum Gasteiger partial charge on any atom is -0.456 e. The molecule has 10 rings (SSSR count). The predicted octanol–water partition coefficient (Wildman–Crippen LogP) is 14.8. The van der Waals surface area contributed by atoms with Crippen LogP contribution in [0.25, 0.3) is 49.9 Å². The lowest BCUT2D eigenvalue weighted by Crippen LogP contribution is -2.28. The molecule has 0 amide bonds. The van der Waals surface area contributed by atoms with Crippen molar-refractivity contribution in [3.8, 4) is 68.2 Å². The molecule has 294 valence electrons. The van der Waals surface area contributed by atoms with Gasteiger partial charge in [-0.3, -0.25) is 0 Å². The second-order valence-corrected chi connectivity index (χ2v) is 15.2. The molecule has 1 unspecified atom stereocenters. The van der Waals surface area contributed by atoms with Crippen molar-refractivity contribution in [1.29, 1.82) is 5.41 Å². The maximum absolute atomic E-state index is 9.90. The minimum atomic E-state index is 0.146. The molecule has 7 aromatic carbocycles. The van der Waals surface area contributed by atoms with Crippen LogP contribution in [-0.4, -0.2) is 23.7 Å². The van der Waals surface area contributed by atoms with Crippen LogP contribution < -0.4 is 18.9 Å². The molecule has 0 saturated carbocycles. The average molecular weight is 787 g/mol. The normalized spacial score (nSPS) is 13.3. The summed E-state index contributed by atoms with van der Waals surface area (Å²) in [6.45, 7) is 4.38. The maximum Gasteiger partial charge on any atom is 0.170 e. The fourth-order valence-corrected chi connectivity index (χ4v) is 7.96. The Bertz CT molecular complexity index is 2910. The molecule has 1 N–H and O–H groups in total. The van der Waals surface area contributed by atoms with E-state index in [9.17, 15) is 5.41 Å². The molecule has 3 heterocycles. The second kappa shape index (κ2) is 15.3. The van der Waals surface area contributed by atoms with Crippen LogP contribution >= 0.6 is 0 Å². The van der Waals surface area contributed by atoms with Gasteiger partial charge in [0.2, 0.25) is 0 Å². The lowest BCUT2D eigenvalue weighted by atomic mass is 9.93. The van der Waals surface area contributed by atoms with Crippen LogP contribution in [0.1, 0.15) is 37.8 Å². The van der Waals surface area contributed by atoms with Crippen LogP contribution in [-0.2, 0) is 0 Å². The Morgan fingerprint density at radius 3 is 1.70 bits per heavy atom. The first-order chi connectivity index (χ1) is 29.4. The molecular weight excluding hydrogens is 745 g/mol. The zero-order valence-electron chi connectivity index (χ0n) is 33.6. The Hall–Kier alpha value is -7.51. The summed E-state index contributed by atoms with van der Waals surface area (Å²) in [6.07, 6.45) is 8.29. The number of hydrogen-bond donors (Lipinski definition) is 1. The standard InChI is InChI=1S/C53H42N2O5/c1-4-5-6-14-33(2)55(3)42(39-16-13-22-50-53(39)40-15-7-8-17-43(40)56-50)32-41(54)38-28-36(34-23-25-48-51(30-34)59-46-20-11-9-18-44(46)57-48)27-37(29-38)35-24-26-49-52(31-35)60-47-21-12-10-19-45(47)58-49/h5-13,15-33,54H,4,14H2,1-3H3/b6-5-,42-32-,54-41?. The van der Waals surface area contributed by atoms with Crippen molar-refractivity contribution in [3.05, 3.63) is 175 Å². The van der Waals surface area contributed by atoms with E-state index < -0.39 is 0 Å². The Kier molecular flexibility index (Phi) is 9.41. The number of rotatable bonds is 10. The quantitative estimate of drug-likeness (QED) is 0.110. The molecule has 0 bridgehead atoms. The summed E-state index contributed by atoms with van der Waals surface area (Å²) < 4.78 is 31.4. The number of furan rings is 1. The monoisotopic (exact) mass is 786 g/mol. The second-order valence-electron chi connectivity index (χ2n) is 15.2. The van der Waals surface area contributed by atoms with E-state index in [0.29, 0.717) is 51.7 Å². The van der Waals surface area contributed by atoms with Gasteiger partial charge in [-0.2, -0.15) is 0 Å². The van der Waals surface area contributed by atoms with Gasteiger partial charge in [0.25, 0.3) is 0 Å². The fourth-order valence-electron chi connectivity index (χ4n) is 7.96. The molecule has 7 heteroatoms. The maximum atomic E-state index is 9.90. The third-order valence-electron chi connectivity index (χ3n) is 11.3. The van der Waals surface area contributed by atoms with Gasteiger partial charge < -0.3 is 33.7 Å². The summed E-state index contributed by atoms with van der Waals surface area (Å²) in [5.74, 6) is 5.23. The number of nitrogens with zero attached hydrogens (tertiary/aromatic N) is 1. The van der Waals surface area contributed by atoms with Crippen molar-refractivity contribution in [2.45, 2.75) is 32.7 Å². The number of para-hydroxylation sites is 5. The van der Waals surface area contributed by atoms with Gasteiger partial charge in [0.1, 0.15) is 11.2 Å². The van der Waals surface area contributed by atoms with Gasteiger partial charge in [0.15, 0.2) is 46.0 Å². The number of benzene rings is 7. The van der Waals surface area contributed by atoms with E-state index in [0.717, 1.165) is 73.9 Å². The van der Waals surface area contributed by atoms with Gasteiger partial charge >= 0.3 is 0 Å². The first-order valence-electron chi connectivity index (χ1n) is 20.3. The molecule has 1 atom stereocenters. The highest BCUT2D eigenvalue weighted by Gasteiger charge is 2.23. The van der Waals surface area contributed by atoms with Crippen molar-refractivity contribution in [2.75, 3.05) is 7.05 Å². The summed E-state index contributed by atoms with van der Waals surface area (Å²) in [4.78, 5) is 2.28. The van der Waals surface area contributed by atoms with E-state index in [1.807, 2.05) is 121 Å². The Morgan fingerprint density at radius 2 is 1.10 bits per heavy atom. The third kappa shape index (κ3) is 6.84. The molecule has 2 aliphatic heterocycles. The summed E-state index contributed by atoms with van der Waals surface area (Å²) in [5.41, 5.74) is 8.37. The summed E-state index contributed by atoms with van der Waals surface area (Å²) >= 11 is 0. The molecule has 0 radical (unpaired) electrons. The highest BCUT2D eigenvalue weighted by molar-refractivity contribution is 6.15. The van der Waals surface area contributed by atoms with E-state index in [1.165, 1.54) is 0 Å². The molecule has 8 aromatic rings. The van der Waals surface area contributed by atoms with Crippen molar-refractivity contribution in [1.82, 2.24) is 4.90 Å². The molecule has 1 aromatic heterocycles. The first-order valence-corrected chi connectivity index (χ1v) is 20.3. The van der Waals surface area contributed by atoms with Crippen LogP contribution in [0, 0.1) is 5.41 Å². The number of nitrogens with one attached hydrogen (secondary N) is 1. The molecule has 0 fully saturated rings. The van der Waals surface area contributed by atoms with Crippen LogP contribution in [0.3, 0.4) is 0 Å². The highest BCUT2D eigenvalue weighted by atomic mass is 16.6. The van der Waals surface area contributed by atoms with Gasteiger partial charge in [-0.25, -0.2) is 0 Å². The smallest absolute Gasteiger partial charge is 0.170 e. The molecule has 60 heavy (non-hydrogen) atoms. The molecular formula is C53H42N2O5. The third-order valence-corrected chi connectivity index (χ3v) is 11.3. The Labute approximate surface area is 348 Å². The topological polar surface area (TPSA) is 77.2 Å². The lowest BCUT2D eigenvalue weighted by Gasteiger charge is -2.30. The molecule has 2 aliphatic rings. The van der Waals surface area contributed by atoms with Crippen molar-refractivity contribution >= 4 is 33.3 Å². The lowest BCUT2D eigenvalue weighted by molar-refractivity contribution is 0.360. The molecule has 7 nitrogen and oxygen atoms in total. The number of ether oxygens (including phenoxy) is 4. The summed E-state index contributed by atoms with van der Waals surface area (Å²) in [7, 11) is 2.12. The minimum absolute atomic E-state index is 0.146. The summed E-state index contributed by atoms with van der Waals surface area (Å²) in [5, 5.41) is 12.0. The number of fused-ring (bicyclic) bond motifs is 7. The largest absolute Gasteiger partial charge is 0.456 e. The highest BCUT2D eigenvalue weighted by Crippen LogP contribution is 2.48. The van der Waals surface area contributed by atoms with Crippen molar-refractivity contribution in [2.24, 2.45) is 0 Å².